The summed E-state index contributed by atoms with van der Waals surface area (Å²) in [4.78, 5) is 4.56. The van der Waals surface area contributed by atoms with Gasteiger partial charge in [-0.3, -0.25) is 0 Å². The van der Waals surface area contributed by atoms with Crippen LogP contribution in [0.25, 0.3) is 11.3 Å². The van der Waals surface area contributed by atoms with Crippen molar-refractivity contribution >= 4 is 0 Å². The van der Waals surface area contributed by atoms with Crippen LogP contribution in [-0.4, -0.2) is 28.1 Å². The first-order chi connectivity index (χ1) is 9.19. The van der Waals surface area contributed by atoms with Crippen LogP contribution in [-0.2, 0) is 13.5 Å². The molecule has 0 saturated heterocycles. The molecule has 0 amide bonds. The summed E-state index contributed by atoms with van der Waals surface area (Å²) in [6.07, 6.45) is 2.52. The Hall–Kier alpha value is -2.01. The number of imidazole rings is 1. The van der Waals surface area contributed by atoms with Gasteiger partial charge in [0.05, 0.1) is 12.3 Å². The van der Waals surface area contributed by atoms with Crippen LogP contribution in [0.5, 0.6) is 11.5 Å². The van der Waals surface area contributed by atoms with Crippen LogP contribution in [0.3, 0.4) is 0 Å². The van der Waals surface area contributed by atoms with Gasteiger partial charge < -0.3 is 19.1 Å². The van der Waals surface area contributed by atoms with Gasteiger partial charge in [-0.25, -0.2) is 4.98 Å². The maximum Gasteiger partial charge on any atom is 0.231 e. The zero-order valence-electron chi connectivity index (χ0n) is 11.0. The minimum Gasteiger partial charge on any atom is -0.454 e. The minimum absolute atomic E-state index is 0.102. The summed E-state index contributed by atoms with van der Waals surface area (Å²) in [7, 11) is 1.93. The van der Waals surface area contributed by atoms with Crippen molar-refractivity contribution in [3.63, 3.8) is 0 Å². The highest BCUT2D eigenvalue weighted by Gasteiger charge is 2.18. The lowest BCUT2D eigenvalue weighted by molar-refractivity contribution is 0.174. The monoisotopic (exact) mass is 260 g/mol. The highest BCUT2D eigenvalue weighted by Crippen LogP contribution is 2.38. The van der Waals surface area contributed by atoms with Crippen molar-refractivity contribution in [3.05, 3.63) is 29.7 Å². The van der Waals surface area contributed by atoms with Crippen LogP contribution in [0.2, 0.25) is 0 Å². The Bertz CT molecular complexity index is 619. The molecule has 1 aliphatic rings. The zero-order valence-corrected chi connectivity index (χ0v) is 11.0. The first-order valence-electron chi connectivity index (χ1n) is 6.22. The molecule has 0 saturated carbocycles. The van der Waals surface area contributed by atoms with Gasteiger partial charge >= 0.3 is 0 Å². The van der Waals surface area contributed by atoms with E-state index in [0.29, 0.717) is 6.42 Å². The van der Waals surface area contributed by atoms with Crippen molar-refractivity contribution in [2.24, 2.45) is 7.05 Å². The molecule has 2 aromatic rings. The van der Waals surface area contributed by atoms with E-state index in [-0.39, 0.29) is 13.4 Å². The fourth-order valence-electron chi connectivity index (χ4n) is 2.29. The number of rotatable bonds is 3. The zero-order chi connectivity index (χ0) is 13.4. The van der Waals surface area contributed by atoms with E-state index in [4.69, 9.17) is 14.6 Å². The number of aromatic nitrogens is 2. The molecule has 100 valence electrons. The van der Waals surface area contributed by atoms with Gasteiger partial charge in [0.25, 0.3) is 0 Å². The standard InChI is InChI=1S/C14H16N2O3/c1-9-5-12-13(19-8-18-12)6-10(9)11-7-16(2)14(15-11)3-4-17/h5-7,17H,3-4,8H2,1-2H3. The van der Waals surface area contributed by atoms with E-state index in [1.165, 1.54) is 0 Å². The van der Waals surface area contributed by atoms with E-state index in [1.54, 1.807) is 0 Å². The Kier molecular flexibility index (Phi) is 2.91. The molecule has 0 radical (unpaired) electrons. The Morgan fingerprint density at radius 1 is 1.32 bits per heavy atom. The molecule has 1 aromatic carbocycles. The van der Waals surface area contributed by atoms with Crippen molar-refractivity contribution in [1.82, 2.24) is 9.55 Å². The van der Waals surface area contributed by atoms with Crippen LogP contribution < -0.4 is 9.47 Å². The van der Waals surface area contributed by atoms with Crippen molar-refractivity contribution in [2.75, 3.05) is 13.4 Å². The molecule has 2 heterocycles. The van der Waals surface area contributed by atoms with Gasteiger partial charge in [-0.1, -0.05) is 0 Å². The van der Waals surface area contributed by atoms with E-state index in [2.05, 4.69) is 4.98 Å². The quantitative estimate of drug-likeness (QED) is 0.912. The van der Waals surface area contributed by atoms with Crippen LogP contribution in [0.4, 0.5) is 0 Å². The SMILES string of the molecule is Cc1cc2c(cc1-c1cn(C)c(CCO)n1)OCO2. The number of fused-ring (bicyclic) bond motifs is 1. The summed E-state index contributed by atoms with van der Waals surface area (Å²) < 4.78 is 12.7. The molecule has 19 heavy (non-hydrogen) atoms. The van der Waals surface area contributed by atoms with Crippen molar-refractivity contribution in [3.8, 4) is 22.8 Å². The lowest BCUT2D eigenvalue weighted by Gasteiger charge is -2.04. The van der Waals surface area contributed by atoms with E-state index < -0.39 is 0 Å². The largest absolute Gasteiger partial charge is 0.454 e. The molecule has 5 nitrogen and oxygen atoms in total. The van der Waals surface area contributed by atoms with Crippen molar-refractivity contribution < 1.29 is 14.6 Å². The van der Waals surface area contributed by atoms with Gasteiger partial charge in [0.1, 0.15) is 5.82 Å². The summed E-state index contributed by atoms with van der Waals surface area (Å²) in [5, 5.41) is 9.02. The van der Waals surface area contributed by atoms with Crippen LogP contribution in [0.1, 0.15) is 11.4 Å². The third-order valence-corrected chi connectivity index (χ3v) is 3.30. The molecule has 1 aromatic heterocycles. The van der Waals surface area contributed by atoms with Crippen LogP contribution >= 0.6 is 0 Å². The number of nitrogens with zero attached hydrogens (tertiary/aromatic N) is 2. The number of aliphatic hydroxyl groups is 1. The Balaban J connectivity index is 2.04. The summed E-state index contributed by atoms with van der Waals surface area (Å²) >= 11 is 0. The topological polar surface area (TPSA) is 56.5 Å². The number of benzene rings is 1. The lowest BCUT2D eigenvalue weighted by atomic mass is 10.1. The van der Waals surface area contributed by atoms with Gasteiger partial charge in [0.15, 0.2) is 11.5 Å². The summed E-state index contributed by atoms with van der Waals surface area (Å²) in [6, 6.07) is 3.93. The molecule has 1 aliphatic heterocycles. The molecule has 0 spiro atoms. The second kappa shape index (κ2) is 4.59. The van der Waals surface area contributed by atoms with E-state index >= 15 is 0 Å². The molecular formula is C14H16N2O3. The molecule has 1 N–H and O–H groups in total. The molecule has 3 rings (SSSR count). The second-order valence-corrected chi connectivity index (χ2v) is 4.65. The Labute approximate surface area is 111 Å². The predicted octanol–water partition coefficient (Wildman–Crippen LogP) is 1.66. The minimum atomic E-state index is 0.102. The van der Waals surface area contributed by atoms with Crippen molar-refractivity contribution in [1.29, 1.82) is 0 Å². The normalized spacial score (nSPS) is 13.0. The maximum absolute atomic E-state index is 9.02. The average molecular weight is 260 g/mol. The highest BCUT2D eigenvalue weighted by atomic mass is 16.7. The summed E-state index contributed by atoms with van der Waals surface area (Å²) in [5.41, 5.74) is 3.02. The Morgan fingerprint density at radius 3 is 2.79 bits per heavy atom. The van der Waals surface area contributed by atoms with Gasteiger partial charge in [-0.05, 0) is 24.6 Å². The number of hydrogen-bond donors (Lipinski definition) is 1. The van der Waals surface area contributed by atoms with Crippen LogP contribution in [0.15, 0.2) is 18.3 Å². The van der Waals surface area contributed by atoms with E-state index in [0.717, 1.165) is 34.1 Å². The average Bonchev–Trinajstić information content (AvgIpc) is 2.96. The Morgan fingerprint density at radius 2 is 2.05 bits per heavy atom. The fourth-order valence-corrected chi connectivity index (χ4v) is 2.29. The third-order valence-electron chi connectivity index (χ3n) is 3.30. The van der Waals surface area contributed by atoms with Crippen molar-refractivity contribution in [2.45, 2.75) is 13.3 Å². The number of aryl methyl sites for hydroxylation is 2. The lowest BCUT2D eigenvalue weighted by Crippen LogP contribution is -1.99. The van der Waals surface area contributed by atoms with Gasteiger partial charge in [0, 0.05) is 25.2 Å². The molecule has 0 fully saturated rings. The first kappa shape index (κ1) is 12.0. The van der Waals surface area contributed by atoms with Crippen LogP contribution in [0, 0.1) is 6.92 Å². The van der Waals surface area contributed by atoms with E-state index in [9.17, 15) is 0 Å². The predicted molar refractivity (Wildman–Crippen MR) is 70.3 cm³/mol. The fraction of sp³-hybridized carbons (Fsp3) is 0.357. The van der Waals surface area contributed by atoms with Gasteiger partial charge in [-0.2, -0.15) is 0 Å². The number of ether oxygens (including phenoxy) is 2. The molecule has 0 aliphatic carbocycles. The molecule has 0 atom stereocenters. The van der Waals surface area contributed by atoms with Gasteiger partial charge in [0.2, 0.25) is 6.79 Å². The molecule has 0 bridgehead atoms. The molecule has 0 unspecified atom stereocenters. The second-order valence-electron chi connectivity index (χ2n) is 4.65. The third kappa shape index (κ3) is 2.06. The molecule has 5 heteroatoms. The first-order valence-corrected chi connectivity index (χ1v) is 6.22. The van der Waals surface area contributed by atoms with Gasteiger partial charge in [-0.15, -0.1) is 0 Å². The maximum atomic E-state index is 9.02. The molecular weight excluding hydrogens is 244 g/mol. The smallest absolute Gasteiger partial charge is 0.231 e. The summed E-state index contributed by atoms with van der Waals surface area (Å²) in [5.74, 6) is 2.41. The number of hydrogen-bond acceptors (Lipinski definition) is 4. The highest BCUT2D eigenvalue weighted by molar-refractivity contribution is 5.68. The summed E-state index contributed by atoms with van der Waals surface area (Å²) in [6.45, 7) is 2.40. The van der Waals surface area contributed by atoms with E-state index in [1.807, 2.05) is 36.9 Å². The number of aliphatic hydroxyl groups excluding tert-OH is 1.